The second-order valence-electron chi connectivity index (χ2n) is 4.75. The first-order valence-corrected chi connectivity index (χ1v) is 5.95. The summed E-state index contributed by atoms with van der Waals surface area (Å²) in [5.41, 5.74) is 1.17. The quantitative estimate of drug-likeness (QED) is 0.508. The third-order valence-electron chi connectivity index (χ3n) is 3.29. The molecule has 1 heterocycles. The number of hydrogen-bond donors (Lipinski definition) is 0. The van der Waals surface area contributed by atoms with Gasteiger partial charge in [-0.2, -0.15) is 0 Å². The van der Waals surface area contributed by atoms with E-state index in [2.05, 4.69) is 19.1 Å². The van der Waals surface area contributed by atoms with Gasteiger partial charge >= 0.3 is 5.97 Å². The van der Waals surface area contributed by atoms with E-state index in [1.54, 1.807) is 0 Å². The molecule has 0 saturated heterocycles. The Balaban J connectivity index is 2.24. The van der Waals surface area contributed by atoms with Crippen molar-refractivity contribution in [1.29, 1.82) is 0 Å². The minimum absolute atomic E-state index is 0.119. The van der Waals surface area contributed by atoms with Crippen LogP contribution in [-0.4, -0.2) is 5.97 Å². The molecule has 2 aromatic rings. The minimum Gasteiger partial charge on any atom is -0.426 e. The van der Waals surface area contributed by atoms with Crippen LogP contribution in [0.3, 0.4) is 0 Å². The van der Waals surface area contributed by atoms with Crippen LogP contribution in [0.4, 0.5) is 0 Å². The van der Waals surface area contributed by atoms with Gasteiger partial charge in [0.2, 0.25) is 0 Å². The molecule has 0 amide bonds. The number of fused-ring (bicyclic) bond motifs is 3. The van der Waals surface area contributed by atoms with Crippen molar-refractivity contribution in [2.45, 2.75) is 19.8 Å². The molecule has 0 aromatic heterocycles. The molecule has 2 heteroatoms. The molecule has 3 rings (SSSR count). The summed E-state index contributed by atoms with van der Waals surface area (Å²) in [6.07, 6.45) is 1.41. The van der Waals surface area contributed by atoms with Crippen molar-refractivity contribution < 1.29 is 9.53 Å². The first-order chi connectivity index (χ1) is 8.24. The largest absolute Gasteiger partial charge is 0.426 e. The first kappa shape index (κ1) is 10.3. The Hall–Kier alpha value is -1.83. The average Bonchev–Trinajstić information content (AvgIpc) is 2.46. The monoisotopic (exact) mass is 226 g/mol. The molecule has 17 heavy (non-hydrogen) atoms. The molecule has 86 valence electrons. The van der Waals surface area contributed by atoms with Gasteiger partial charge in [-0.15, -0.1) is 0 Å². The number of rotatable bonds is 0. The number of benzene rings is 2. The van der Waals surface area contributed by atoms with Crippen LogP contribution in [0.15, 0.2) is 36.4 Å². The Morgan fingerprint density at radius 2 is 1.94 bits per heavy atom. The normalized spacial score (nSPS) is 19.6. The van der Waals surface area contributed by atoms with Crippen LogP contribution in [0.2, 0.25) is 0 Å². The second-order valence-corrected chi connectivity index (χ2v) is 4.75. The molecule has 0 fully saturated rings. The molecular formula is C15H14O2. The number of carbonyl (C=O) groups excluding carboxylic acids is 1. The summed E-state index contributed by atoms with van der Waals surface area (Å²) in [5.74, 6) is 0.958. The molecule has 0 aliphatic carbocycles. The van der Waals surface area contributed by atoms with Crippen LogP contribution in [0, 0.1) is 5.92 Å². The van der Waals surface area contributed by atoms with E-state index in [-0.39, 0.29) is 5.97 Å². The highest BCUT2D eigenvalue weighted by Gasteiger charge is 2.21. The lowest BCUT2D eigenvalue weighted by atomic mass is 9.94. The molecular weight excluding hydrogens is 212 g/mol. The molecule has 1 aliphatic heterocycles. The number of hydrogen-bond acceptors (Lipinski definition) is 2. The zero-order chi connectivity index (χ0) is 11.8. The average molecular weight is 226 g/mol. The van der Waals surface area contributed by atoms with Crippen molar-refractivity contribution in [2.24, 2.45) is 5.92 Å². The lowest BCUT2D eigenvalue weighted by Crippen LogP contribution is -2.09. The second kappa shape index (κ2) is 3.88. The highest BCUT2D eigenvalue weighted by atomic mass is 16.5. The van der Waals surface area contributed by atoms with Crippen LogP contribution < -0.4 is 4.74 Å². The van der Waals surface area contributed by atoms with Gasteiger partial charge in [-0.3, -0.25) is 4.79 Å². The highest BCUT2D eigenvalue weighted by Crippen LogP contribution is 2.33. The van der Waals surface area contributed by atoms with Crippen LogP contribution in [-0.2, 0) is 11.2 Å². The minimum atomic E-state index is -0.119. The summed E-state index contributed by atoms with van der Waals surface area (Å²) in [6, 6.07) is 12.2. The number of carbonyl (C=O) groups is 1. The molecule has 2 aromatic carbocycles. The van der Waals surface area contributed by atoms with E-state index in [9.17, 15) is 4.79 Å². The van der Waals surface area contributed by atoms with Gasteiger partial charge in [-0.1, -0.05) is 37.3 Å². The van der Waals surface area contributed by atoms with Gasteiger partial charge in [-0.25, -0.2) is 0 Å². The van der Waals surface area contributed by atoms with E-state index in [1.165, 1.54) is 16.3 Å². The topological polar surface area (TPSA) is 26.3 Å². The van der Waals surface area contributed by atoms with Gasteiger partial charge in [0, 0.05) is 12.0 Å². The van der Waals surface area contributed by atoms with E-state index in [0.717, 1.165) is 12.2 Å². The zero-order valence-corrected chi connectivity index (χ0v) is 9.77. The molecule has 1 aliphatic rings. The fourth-order valence-corrected chi connectivity index (χ4v) is 2.49. The number of ether oxygens (including phenoxy) is 1. The van der Waals surface area contributed by atoms with Crippen LogP contribution in [0.5, 0.6) is 5.75 Å². The lowest BCUT2D eigenvalue weighted by molar-refractivity contribution is -0.134. The zero-order valence-electron chi connectivity index (χ0n) is 9.77. The summed E-state index contributed by atoms with van der Waals surface area (Å²) in [6.45, 7) is 2.10. The summed E-state index contributed by atoms with van der Waals surface area (Å²) in [5, 5.41) is 2.41. The lowest BCUT2D eigenvalue weighted by Gasteiger charge is -2.10. The first-order valence-electron chi connectivity index (χ1n) is 5.95. The van der Waals surface area contributed by atoms with Gasteiger partial charge in [0.25, 0.3) is 0 Å². The Labute approximate surface area is 100 Å². The molecule has 0 radical (unpaired) electrons. The van der Waals surface area contributed by atoms with Crippen molar-refractivity contribution in [3.63, 3.8) is 0 Å². The van der Waals surface area contributed by atoms with E-state index in [1.807, 2.05) is 24.3 Å². The van der Waals surface area contributed by atoms with Crippen molar-refractivity contribution in [2.75, 3.05) is 0 Å². The maximum absolute atomic E-state index is 11.6. The molecule has 0 bridgehead atoms. The standard InChI is InChI=1S/C15H14O2/c1-10-8-13-12-5-3-2-4-11(12)6-7-14(13)17-15(16)9-10/h2-7,10H,8-9H2,1H3. The maximum Gasteiger partial charge on any atom is 0.311 e. The summed E-state index contributed by atoms with van der Waals surface area (Å²) in [4.78, 5) is 11.6. The van der Waals surface area contributed by atoms with Crippen LogP contribution in [0.25, 0.3) is 10.8 Å². The SMILES string of the molecule is CC1CC(=O)Oc2ccc3ccccc3c2C1. The maximum atomic E-state index is 11.6. The number of esters is 1. The van der Waals surface area contributed by atoms with Crippen molar-refractivity contribution in [1.82, 2.24) is 0 Å². The Morgan fingerprint density at radius 1 is 1.12 bits per heavy atom. The Bertz CT molecular complexity index is 586. The van der Waals surface area contributed by atoms with Gasteiger partial charge < -0.3 is 4.74 Å². The van der Waals surface area contributed by atoms with Gasteiger partial charge in [0.1, 0.15) is 5.75 Å². The van der Waals surface area contributed by atoms with E-state index in [4.69, 9.17) is 4.74 Å². The fourth-order valence-electron chi connectivity index (χ4n) is 2.49. The fraction of sp³-hybridized carbons (Fsp3) is 0.267. The van der Waals surface area contributed by atoms with Crippen LogP contribution in [0.1, 0.15) is 18.9 Å². The summed E-state index contributed by atoms with van der Waals surface area (Å²) < 4.78 is 5.40. The molecule has 0 saturated carbocycles. The van der Waals surface area contributed by atoms with Crippen molar-refractivity contribution in [3.05, 3.63) is 42.0 Å². The van der Waals surface area contributed by atoms with Gasteiger partial charge in [0.15, 0.2) is 0 Å². The Kier molecular flexibility index (Phi) is 2.36. The predicted molar refractivity (Wildman–Crippen MR) is 67.1 cm³/mol. The van der Waals surface area contributed by atoms with E-state index in [0.29, 0.717) is 12.3 Å². The summed E-state index contributed by atoms with van der Waals surface area (Å²) in [7, 11) is 0. The molecule has 0 spiro atoms. The molecule has 1 atom stereocenters. The predicted octanol–water partition coefficient (Wildman–Crippen LogP) is 3.33. The molecule has 2 nitrogen and oxygen atoms in total. The van der Waals surface area contributed by atoms with Gasteiger partial charge in [-0.05, 0) is 29.2 Å². The highest BCUT2D eigenvalue weighted by molar-refractivity contribution is 5.89. The Morgan fingerprint density at radius 3 is 2.82 bits per heavy atom. The third-order valence-corrected chi connectivity index (χ3v) is 3.29. The van der Waals surface area contributed by atoms with Crippen molar-refractivity contribution in [3.8, 4) is 5.75 Å². The molecule has 1 unspecified atom stereocenters. The smallest absolute Gasteiger partial charge is 0.311 e. The van der Waals surface area contributed by atoms with Crippen LogP contribution >= 0.6 is 0 Å². The molecule has 0 N–H and O–H groups in total. The summed E-state index contributed by atoms with van der Waals surface area (Å²) >= 11 is 0. The van der Waals surface area contributed by atoms with Gasteiger partial charge in [0.05, 0.1) is 0 Å². The third kappa shape index (κ3) is 1.80. The van der Waals surface area contributed by atoms with Crippen molar-refractivity contribution >= 4 is 16.7 Å². The van der Waals surface area contributed by atoms with E-state index < -0.39 is 0 Å². The van der Waals surface area contributed by atoms with E-state index >= 15 is 0 Å².